The second-order valence-electron chi connectivity index (χ2n) is 8.64. The van der Waals surface area contributed by atoms with Gasteiger partial charge in [0, 0.05) is 50.7 Å². The molecule has 0 radical (unpaired) electrons. The highest BCUT2D eigenvalue weighted by Crippen LogP contribution is 2.21. The summed E-state index contributed by atoms with van der Waals surface area (Å²) in [5.41, 5.74) is 1.98. The average Bonchev–Trinajstić information content (AvgIpc) is 3.14. The van der Waals surface area contributed by atoms with Crippen LogP contribution in [0.2, 0.25) is 0 Å². The van der Waals surface area contributed by atoms with E-state index in [-0.39, 0.29) is 6.09 Å². The van der Waals surface area contributed by atoms with Crippen LogP contribution in [-0.2, 0) is 4.74 Å². The summed E-state index contributed by atoms with van der Waals surface area (Å²) in [5.74, 6) is 0.719. The number of halogens is 1. The van der Waals surface area contributed by atoms with Crippen LogP contribution in [0.1, 0.15) is 20.8 Å². The van der Waals surface area contributed by atoms with Crippen LogP contribution in [0, 0.1) is 0 Å². The third-order valence-electron chi connectivity index (χ3n) is 5.05. The third-order valence-corrected chi connectivity index (χ3v) is 5.61. The zero-order valence-electron chi connectivity index (χ0n) is 18.5. The first-order valence-corrected chi connectivity index (χ1v) is 11.4. The van der Waals surface area contributed by atoms with Gasteiger partial charge in [0.2, 0.25) is 0 Å². The molecule has 1 amide bonds. The Kier molecular flexibility index (Phi) is 6.61. The van der Waals surface area contributed by atoms with Gasteiger partial charge in [-0.15, -0.1) is 0 Å². The van der Waals surface area contributed by atoms with E-state index in [9.17, 15) is 4.79 Å². The quantitative estimate of drug-likeness (QED) is 0.527. The van der Waals surface area contributed by atoms with Crippen molar-refractivity contribution in [2.75, 3.05) is 39.3 Å². The van der Waals surface area contributed by atoms with Crippen molar-refractivity contribution in [3.63, 3.8) is 0 Å². The minimum Gasteiger partial charge on any atom is -0.491 e. The summed E-state index contributed by atoms with van der Waals surface area (Å²) < 4.78 is 13.9. The number of amides is 1. The summed E-state index contributed by atoms with van der Waals surface area (Å²) in [6.45, 7) is 9.93. The largest absolute Gasteiger partial charge is 0.491 e. The topological polar surface area (TPSA) is 85.1 Å². The molecule has 0 aliphatic carbocycles. The van der Waals surface area contributed by atoms with Crippen molar-refractivity contribution in [1.29, 1.82) is 0 Å². The molecule has 0 bridgehead atoms. The van der Waals surface area contributed by atoms with Gasteiger partial charge in [-0.25, -0.2) is 14.3 Å². The summed E-state index contributed by atoms with van der Waals surface area (Å²) in [5, 5.41) is 4.26. The van der Waals surface area contributed by atoms with E-state index in [1.54, 1.807) is 28.0 Å². The number of nitrogens with zero attached hydrogens (tertiary/aromatic N) is 6. The molecule has 3 aromatic heterocycles. The fourth-order valence-corrected chi connectivity index (χ4v) is 3.76. The summed E-state index contributed by atoms with van der Waals surface area (Å²) in [4.78, 5) is 25.1. The first-order chi connectivity index (χ1) is 15.3. The van der Waals surface area contributed by atoms with Crippen molar-refractivity contribution < 1.29 is 14.3 Å². The third kappa shape index (κ3) is 5.55. The van der Waals surface area contributed by atoms with Gasteiger partial charge < -0.3 is 14.4 Å². The standard InChI is InChI=1S/C22H27BrN6O3/c1-22(2,3)32-21(30)28-8-6-27(7-9-28)10-11-31-17-4-5-19(24-13-17)16-12-25-20-18(23)14-26-29(20)15-16/h4-5,12-15H,6-11H2,1-3H3. The Morgan fingerprint density at radius 2 is 1.88 bits per heavy atom. The van der Waals surface area contributed by atoms with E-state index < -0.39 is 5.60 Å². The summed E-state index contributed by atoms with van der Waals surface area (Å²) in [6.07, 6.45) is 6.87. The van der Waals surface area contributed by atoms with Crippen LogP contribution >= 0.6 is 15.9 Å². The van der Waals surface area contributed by atoms with Crippen LogP contribution in [0.25, 0.3) is 16.9 Å². The molecule has 170 valence electrons. The summed E-state index contributed by atoms with van der Waals surface area (Å²) in [6, 6.07) is 3.82. The maximum Gasteiger partial charge on any atom is 0.410 e. The van der Waals surface area contributed by atoms with E-state index in [1.165, 1.54) is 0 Å². The molecule has 0 aromatic carbocycles. The van der Waals surface area contributed by atoms with Gasteiger partial charge in [0.05, 0.1) is 22.6 Å². The van der Waals surface area contributed by atoms with Gasteiger partial charge in [-0.1, -0.05) is 0 Å². The van der Waals surface area contributed by atoms with Gasteiger partial charge in [-0.2, -0.15) is 5.10 Å². The zero-order chi connectivity index (χ0) is 22.7. The van der Waals surface area contributed by atoms with Crippen molar-refractivity contribution >= 4 is 27.7 Å². The number of ether oxygens (including phenoxy) is 2. The number of piperazine rings is 1. The number of carbonyl (C=O) groups excluding carboxylic acids is 1. The molecule has 32 heavy (non-hydrogen) atoms. The second kappa shape index (κ2) is 9.41. The molecular weight excluding hydrogens is 476 g/mol. The number of carbonyl (C=O) groups is 1. The highest BCUT2D eigenvalue weighted by Gasteiger charge is 2.25. The molecule has 1 aliphatic rings. The Morgan fingerprint density at radius 3 is 2.56 bits per heavy atom. The first-order valence-electron chi connectivity index (χ1n) is 10.6. The van der Waals surface area contributed by atoms with E-state index >= 15 is 0 Å². The van der Waals surface area contributed by atoms with E-state index in [1.807, 2.05) is 39.1 Å². The lowest BCUT2D eigenvalue weighted by molar-refractivity contribution is 0.0137. The lowest BCUT2D eigenvalue weighted by Gasteiger charge is -2.35. The number of fused-ring (bicyclic) bond motifs is 1. The van der Waals surface area contributed by atoms with E-state index in [0.29, 0.717) is 19.7 Å². The van der Waals surface area contributed by atoms with Gasteiger partial charge in [0.1, 0.15) is 18.0 Å². The summed E-state index contributed by atoms with van der Waals surface area (Å²) >= 11 is 3.43. The van der Waals surface area contributed by atoms with Crippen LogP contribution < -0.4 is 4.74 Å². The molecule has 4 heterocycles. The number of rotatable bonds is 5. The Hall–Kier alpha value is -2.72. The lowest BCUT2D eigenvalue weighted by atomic mass is 10.2. The molecular formula is C22H27BrN6O3. The maximum absolute atomic E-state index is 12.2. The highest BCUT2D eigenvalue weighted by molar-refractivity contribution is 9.10. The molecule has 1 fully saturated rings. The minimum absolute atomic E-state index is 0.242. The smallest absolute Gasteiger partial charge is 0.410 e. The first kappa shape index (κ1) is 22.5. The number of hydrogen-bond donors (Lipinski definition) is 0. The van der Waals surface area contributed by atoms with Crippen LogP contribution in [0.3, 0.4) is 0 Å². The van der Waals surface area contributed by atoms with Gasteiger partial charge in [0.25, 0.3) is 0 Å². The van der Waals surface area contributed by atoms with Crippen molar-refractivity contribution in [3.8, 4) is 17.0 Å². The maximum atomic E-state index is 12.2. The van der Waals surface area contributed by atoms with E-state index in [4.69, 9.17) is 9.47 Å². The lowest BCUT2D eigenvalue weighted by Crippen LogP contribution is -2.50. The predicted molar refractivity (Wildman–Crippen MR) is 124 cm³/mol. The van der Waals surface area contributed by atoms with E-state index in [2.05, 4.69) is 35.9 Å². The molecule has 3 aromatic rings. The van der Waals surface area contributed by atoms with Crippen LogP contribution in [0.4, 0.5) is 4.79 Å². The minimum atomic E-state index is -0.467. The molecule has 0 unspecified atom stereocenters. The van der Waals surface area contributed by atoms with Crippen LogP contribution in [0.5, 0.6) is 5.75 Å². The highest BCUT2D eigenvalue weighted by atomic mass is 79.9. The fraction of sp³-hybridized carbons (Fsp3) is 0.455. The predicted octanol–water partition coefficient (Wildman–Crippen LogP) is 3.49. The fourth-order valence-electron chi connectivity index (χ4n) is 3.39. The van der Waals surface area contributed by atoms with Crippen molar-refractivity contribution in [2.24, 2.45) is 0 Å². The monoisotopic (exact) mass is 502 g/mol. The number of aromatic nitrogens is 4. The number of hydrogen-bond acceptors (Lipinski definition) is 7. The van der Waals surface area contributed by atoms with Crippen LogP contribution in [0.15, 0.2) is 41.4 Å². The zero-order valence-corrected chi connectivity index (χ0v) is 20.1. The molecule has 0 N–H and O–H groups in total. The Morgan fingerprint density at radius 1 is 1.09 bits per heavy atom. The van der Waals surface area contributed by atoms with Crippen LogP contribution in [-0.4, -0.2) is 80.4 Å². The molecule has 0 spiro atoms. The number of pyridine rings is 1. The van der Waals surface area contributed by atoms with Crippen molar-refractivity contribution in [1.82, 2.24) is 29.4 Å². The Labute approximate surface area is 195 Å². The van der Waals surface area contributed by atoms with Gasteiger partial charge in [0.15, 0.2) is 5.65 Å². The molecule has 0 atom stereocenters. The summed E-state index contributed by atoms with van der Waals surface area (Å²) in [7, 11) is 0. The van der Waals surface area contributed by atoms with Gasteiger partial charge in [-0.05, 0) is 48.8 Å². The molecule has 1 saturated heterocycles. The molecule has 0 saturated carbocycles. The molecule has 9 nitrogen and oxygen atoms in total. The average molecular weight is 503 g/mol. The normalized spacial score (nSPS) is 15.2. The molecule has 1 aliphatic heterocycles. The van der Waals surface area contributed by atoms with Crippen molar-refractivity contribution in [2.45, 2.75) is 26.4 Å². The SMILES string of the molecule is CC(C)(C)OC(=O)N1CCN(CCOc2ccc(-c3cnc4c(Br)cnn4c3)nc2)CC1. The molecule has 4 rings (SSSR count). The second-order valence-corrected chi connectivity index (χ2v) is 9.49. The molecule has 10 heteroatoms. The van der Waals surface area contributed by atoms with Gasteiger partial charge >= 0.3 is 6.09 Å². The van der Waals surface area contributed by atoms with Crippen molar-refractivity contribution in [3.05, 3.63) is 41.4 Å². The Balaban J connectivity index is 1.23. The Bertz CT molecular complexity index is 1070. The van der Waals surface area contributed by atoms with Gasteiger partial charge in [-0.3, -0.25) is 9.88 Å². The van der Waals surface area contributed by atoms with E-state index in [0.717, 1.165) is 46.8 Å².